The predicted molar refractivity (Wildman–Crippen MR) is 105 cm³/mol. The molecule has 0 spiro atoms. The zero-order valence-electron chi connectivity index (χ0n) is 16.3. The van der Waals surface area contributed by atoms with Gasteiger partial charge in [0, 0.05) is 32.0 Å². The molecule has 2 fully saturated rings. The summed E-state index contributed by atoms with van der Waals surface area (Å²) in [5, 5.41) is 12.1. The molecule has 1 aromatic carbocycles. The van der Waals surface area contributed by atoms with Crippen molar-refractivity contribution in [2.45, 2.75) is 44.7 Å². The van der Waals surface area contributed by atoms with E-state index in [0.29, 0.717) is 19.1 Å². The fourth-order valence-electron chi connectivity index (χ4n) is 4.24. The third-order valence-electron chi connectivity index (χ3n) is 5.82. The maximum absolute atomic E-state index is 12.6. The van der Waals surface area contributed by atoms with E-state index in [1.54, 1.807) is 4.90 Å². The largest absolute Gasteiger partial charge is 0.480 e. The summed E-state index contributed by atoms with van der Waals surface area (Å²) in [4.78, 5) is 40.8. The molecule has 2 N–H and O–H groups in total. The Hall–Kier alpha value is -2.41. The smallest absolute Gasteiger partial charge is 0.326 e. The first-order valence-electron chi connectivity index (χ1n) is 10.1. The maximum atomic E-state index is 12.6. The molecule has 0 bridgehead atoms. The molecule has 1 aromatic rings. The van der Waals surface area contributed by atoms with Gasteiger partial charge in [0.2, 0.25) is 11.8 Å². The zero-order valence-corrected chi connectivity index (χ0v) is 16.3. The monoisotopic (exact) mass is 387 g/mol. The average Bonchev–Trinajstić information content (AvgIpc) is 3.28. The lowest BCUT2D eigenvalue weighted by Crippen LogP contribution is -2.46. The van der Waals surface area contributed by atoms with Gasteiger partial charge < -0.3 is 15.3 Å². The molecule has 3 atom stereocenters. The number of carbonyl (C=O) groups excluding carboxylic acids is 2. The van der Waals surface area contributed by atoms with E-state index in [9.17, 15) is 19.5 Å². The molecular formula is C21H29N3O4. The van der Waals surface area contributed by atoms with Gasteiger partial charge in [-0.05, 0) is 31.5 Å². The number of carbonyl (C=O) groups is 3. The van der Waals surface area contributed by atoms with Gasteiger partial charge in [0.1, 0.15) is 6.04 Å². The number of carboxylic acids is 1. The van der Waals surface area contributed by atoms with Crippen molar-refractivity contribution in [3.8, 4) is 0 Å². The molecule has 2 heterocycles. The van der Waals surface area contributed by atoms with Crippen LogP contribution in [0.1, 0.15) is 31.7 Å². The van der Waals surface area contributed by atoms with Crippen molar-refractivity contribution >= 4 is 17.8 Å². The minimum atomic E-state index is -1.07. The Labute approximate surface area is 165 Å². The summed E-state index contributed by atoms with van der Waals surface area (Å²) >= 11 is 0. The van der Waals surface area contributed by atoms with Gasteiger partial charge in [0.15, 0.2) is 0 Å². The number of rotatable bonds is 8. The Kier molecular flexibility index (Phi) is 6.67. The van der Waals surface area contributed by atoms with Gasteiger partial charge in [0.05, 0.1) is 5.92 Å². The van der Waals surface area contributed by atoms with Crippen LogP contribution in [0.15, 0.2) is 30.3 Å². The van der Waals surface area contributed by atoms with Crippen molar-refractivity contribution in [1.29, 1.82) is 0 Å². The first kappa shape index (κ1) is 20.3. The molecule has 7 nitrogen and oxygen atoms in total. The number of nitrogens with zero attached hydrogens (tertiary/aromatic N) is 2. The van der Waals surface area contributed by atoms with Gasteiger partial charge in [-0.25, -0.2) is 4.79 Å². The van der Waals surface area contributed by atoms with Crippen LogP contribution in [0.2, 0.25) is 0 Å². The summed E-state index contributed by atoms with van der Waals surface area (Å²) in [6.07, 6.45) is 2.60. The maximum Gasteiger partial charge on any atom is 0.326 e. The number of carboxylic acid groups (broad SMARTS) is 1. The summed E-state index contributed by atoms with van der Waals surface area (Å²) in [7, 11) is 0. The topological polar surface area (TPSA) is 89.9 Å². The lowest BCUT2D eigenvalue weighted by atomic mass is 10.0. The van der Waals surface area contributed by atoms with Gasteiger partial charge in [-0.3, -0.25) is 14.5 Å². The summed E-state index contributed by atoms with van der Waals surface area (Å²) in [5.41, 5.74) is 0.847. The number of likely N-dealkylation sites (N-methyl/N-ethyl adjacent to an activating group) is 1. The van der Waals surface area contributed by atoms with Crippen molar-refractivity contribution in [3.63, 3.8) is 0 Å². The Morgan fingerprint density at radius 2 is 2.04 bits per heavy atom. The molecule has 2 aliphatic rings. The van der Waals surface area contributed by atoms with E-state index in [1.807, 2.05) is 30.3 Å². The summed E-state index contributed by atoms with van der Waals surface area (Å²) < 4.78 is 0. The van der Waals surface area contributed by atoms with Gasteiger partial charge in [-0.2, -0.15) is 0 Å². The third-order valence-corrected chi connectivity index (χ3v) is 5.82. The molecule has 2 aliphatic heterocycles. The van der Waals surface area contributed by atoms with Gasteiger partial charge in [0.25, 0.3) is 0 Å². The Morgan fingerprint density at radius 3 is 2.71 bits per heavy atom. The van der Waals surface area contributed by atoms with Gasteiger partial charge in [-0.15, -0.1) is 0 Å². The van der Waals surface area contributed by atoms with Crippen molar-refractivity contribution in [1.82, 2.24) is 15.1 Å². The van der Waals surface area contributed by atoms with E-state index >= 15 is 0 Å². The quantitative estimate of drug-likeness (QED) is 0.698. The minimum absolute atomic E-state index is 0.0157. The predicted octanol–water partition coefficient (Wildman–Crippen LogP) is 1.13. The number of hydrogen-bond donors (Lipinski definition) is 2. The van der Waals surface area contributed by atoms with Crippen molar-refractivity contribution in [2.24, 2.45) is 5.92 Å². The average molecular weight is 387 g/mol. The summed E-state index contributed by atoms with van der Waals surface area (Å²) in [6.45, 7) is 5.18. The molecule has 0 radical (unpaired) electrons. The third kappa shape index (κ3) is 4.90. The molecule has 0 unspecified atom stereocenters. The normalized spacial score (nSPS) is 23.8. The zero-order chi connectivity index (χ0) is 20.1. The Morgan fingerprint density at radius 1 is 1.29 bits per heavy atom. The minimum Gasteiger partial charge on any atom is -0.480 e. The Balaban J connectivity index is 1.56. The highest BCUT2D eigenvalue weighted by molar-refractivity contribution is 5.91. The fourth-order valence-corrected chi connectivity index (χ4v) is 4.24. The van der Waals surface area contributed by atoms with Crippen molar-refractivity contribution in [3.05, 3.63) is 35.9 Å². The van der Waals surface area contributed by atoms with Gasteiger partial charge in [-0.1, -0.05) is 37.3 Å². The lowest BCUT2D eigenvalue weighted by molar-refractivity contribution is -0.142. The van der Waals surface area contributed by atoms with Crippen LogP contribution >= 0.6 is 0 Å². The second kappa shape index (κ2) is 9.19. The molecule has 0 aromatic heterocycles. The van der Waals surface area contributed by atoms with Crippen molar-refractivity contribution < 1.29 is 19.5 Å². The molecular weight excluding hydrogens is 358 g/mol. The van der Waals surface area contributed by atoms with Crippen LogP contribution in [0, 0.1) is 5.92 Å². The Bertz CT molecular complexity index is 709. The van der Waals surface area contributed by atoms with Gasteiger partial charge >= 0.3 is 5.97 Å². The van der Waals surface area contributed by atoms with Crippen LogP contribution < -0.4 is 5.32 Å². The van der Waals surface area contributed by atoms with E-state index in [2.05, 4.69) is 17.1 Å². The molecule has 0 aliphatic carbocycles. The first-order valence-corrected chi connectivity index (χ1v) is 10.1. The standard InChI is InChI=1S/C21H29N3O4/c1-2-23-10-6-9-17(23)14-24-13-16(12-19(24)25)20(26)22-18(21(27)28)11-15-7-4-3-5-8-15/h3-5,7-8,16-18H,2,6,9-14H2,1H3,(H,22,26)(H,27,28)/t16-,17-,18+/m1/s1. The van der Waals surface area contributed by atoms with Crippen molar-refractivity contribution in [2.75, 3.05) is 26.2 Å². The molecule has 2 amide bonds. The van der Waals surface area contributed by atoms with Crippen LogP contribution in [0.5, 0.6) is 0 Å². The SMILES string of the molecule is CCN1CCC[C@@H]1CN1C[C@H](C(=O)N[C@@H](Cc2ccccc2)C(=O)O)CC1=O. The van der Waals surface area contributed by atoms with Crippen LogP contribution in [0.4, 0.5) is 0 Å². The van der Waals surface area contributed by atoms with E-state index in [0.717, 1.165) is 31.5 Å². The van der Waals surface area contributed by atoms with E-state index in [1.165, 1.54) is 0 Å². The number of nitrogens with one attached hydrogen (secondary N) is 1. The highest BCUT2D eigenvalue weighted by atomic mass is 16.4. The molecule has 0 saturated carbocycles. The molecule has 2 saturated heterocycles. The molecule has 28 heavy (non-hydrogen) atoms. The highest BCUT2D eigenvalue weighted by Gasteiger charge is 2.38. The van der Waals surface area contributed by atoms with Crippen LogP contribution in [-0.4, -0.2) is 71.0 Å². The molecule has 152 valence electrons. The fraction of sp³-hybridized carbons (Fsp3) is 0.571. The first-order chi connectivity index (χ1) is 13.5. The van der Waals surface area contributed by atoms with Crippen LogP contribution in [0.3, 0.4) is 0 Å². The van der Waals surface area contributed by atoms with Crippen LogP contribution in [0.25, 0.3) is 0 Å². The number of benzene rings is 1. The highest BCUT2D eigenvalue weighted by Crippen LogP contribution is 2.23. The lowest BCUT2D eigenvalue weighted by Gasteiger charge is -2.27. The van der Waals surface area contributed by atoms with E-state index in [4.69, 9.17) is 0 Å². The summed E-state index contributed by atoms with van der Waals surface area (Å²) in [6, 6.07) is 8.58. The van der Waals surface area contributed by atoms with E-state index < -0.39 is 17.9 Å². The number of hydrogen-bond acceptors (Lipinski definition) is 4. The second-order valence-corrected chi connectivity index (χ2v) is 7.71. The number of likely N-dealkylation sites (tertiary alicyclic amines) is 2. The van der Waals surface area contributed by atoms with Crippen LogP contribution in [-0.2, 0) is 20.8 Å². The van der Waals surface area contributed by atoms with E-state index in [-0.39, 0.29) is 24.7 Å². The number of aliphatic carboxylic acids is 1. The second-order valence-electron chi connectivity index (χ2n) is 7.71. The molecule has 3 rings (SSSR count). The number of amides is 2. The molecule has 7 heteroatoms. The summed E-state index contributed by atoms with van der Waals surface area (Å²) in [5.74, 6) is -1.92.